The first-order valence-corrected chi connectivity index (χ1v) is 9.93. The van der Waals surface area contributed by atoms with Crippen molar-refractivity contribution >= 4 is 28.8 Å². The van der Waals surface area contributed by atoms with Crippen LogP contribution >= 0.6 is 11.3 Å². The van der Waals surface area contributed by atoms with E-state index in [4.69, 9.17) is 0 Å². The van der Waals surface area contributed by atoms with Gasteiger partial charge in [-0.25, -0.2) is 0 Å². The van der Waals surface area contributed by atoms with Crippen molar-refractivity contribution in [3.8, 4) is 0 Å². The molecule has 2 amide bonds. The van der Waals surface area contributed by atoms with Gasteiger partial charge in [-0.2, -0.15) is 0 Å². The Labute approximate surface area is 168 Å². The number of para-hydroxylation sites is 1. The van der Waals surface area contributed by atoms with Gasteiger partial charge in [0, 0.05) is 25.1 Å². The maximum absolute atomic E-state index is 12.3. The van der Waals surface area contributed by atoms with Crippen molar-refractivity contribution in [1.29, 1.82) is 0 Å². The highest BCUT2D eigenvalue weighted by atomic mass is 32.1. The lowest BCUT2D eigenvalue weighted by atomic mass is 10.2. The number of amides is 2. The number of aromatic nitrogens is 2. The molecule has 0 fully saturated rings. The summed E-state index contributed by atoms with van der Waals surface area (Å²) in [6.45, 7) is 2.46. The number of rotatable bonds is 8. The Kier molecular flexibility index (Phi) is 6.86. The Morgan fingerprint density at radius 3 is 2.54 bits per heavy atom. The van der Waals surface area contributed by atoms with Crippen molar-refractivity contribution in [3.63, 3.8) is 0 Å². The fraction of sp³-hybridized carbons (Fsp3) is 0.238. The van der Waals surface area contributed by atoms with Gasteiger partial charge in [0.05, 0.1) is 0 Å². The van der Waals surface area contributed by atoms with Gasteiger partial charge in [0.2, 0.25) is 10.9 Å². The number of carbonyl (C=O) groups is 2. The molecule has 0 radical (unpaired) electrons. The Morgan fingerprint density at radius 2 is 1.75 bits per heavy atom. The quantitative estimate of drug-likeness (QED) is 0.610. The second-order valence-electron chi connectivity index (χ2n) is 6.39. The average molecular weight is 395 g/mol. The topological polar surface area (TPSA) is 84.0 Å². The average Bonchev–Trinajstić information content (AvgIpc) is 3.18. The molecule has 0 bridgehead atoms. The summed E-state index contributed by atoms with van der Waals surface area (Å²) in [6, 6.07) is 17.4. The van der Waals surface area contributed by atoms with E-state index in [0.29, 0.717) is 30.8 Å². The maximum atomic E-state index is 12.3. The molecule has 3 aromatic rings. The van der Waals surface area contributed by atoms with Crippen LogP contribution in [0.5, 0.6) is 0 Å². The summed E-state index contributed by atoms with van der Waals surface area (Å²) in [5.41, 5.74) is 2.82. The van der Waals surface area contributed by atoms with Crippen molar-refractivity contribution in [2.45, 2.75) is 32.7 Å². The van der Waals surface area contributed by atoms with Gasteiger partial charge in [-0.3, -0.25) is 9.59 Å². The van der Waals surface area contributed by atoms with E-state index in [1.165, 1.54) is 11.3 Å². The molecule has 7 heteroatoms. The molecule has 0 saturated heterocycles. The summed E-state index contributed by atoms with van der Waals surface area (Å²) in [5, 5.41) is 14.9. The van der Waals surface area contributed by atoms with Crippen molar-refractivity contribution < 1.29 is 9.59 Å². The summed E-state index contributed by atoms with van der Waals surface area (Å²) in [5.74, 6) is -0.260. The minimum absolute atomic E-state index is 0.00545. The van der Waals surface area contributed by atoms with Crippen LogP contribution in [0.2, 0.25) is 0 Å². The smallest absolute Gasteiger partial charge is 0.286 e. The molecule has 0 aliphatic heterocycles. The highest BCUT2D eigenvalue weighted by molar-refractivity contribution is 7.13. The molecule has 0 aliphatic carbocycles. The number of anilines is 1. The SMILES string of the molecule is Cc1ccccc1NC(=O)c1nnc(CCCC(=O)NCc2ccccc2)s1. The fourth-order valence-corrected chi connectivity index (χ4v) is 3.40. The first-order chi connectivity index (χ1) is 13.6. The van der Waals surface area contributed by atoms with Gasteiger partial charge in [-0.15, -0.1) is 10.2 Å². The minimum atomic E-state index is -0.265. The predicted octanol–water partition coefficient (Wildman–Crippen LogP) is 3.74. The van der Waals surface area contributed by atoms with E-state index in [-0.39, 0.29) is 11.8 Å². The standard InChI is InChI=1S/C21H22N4O2S/c1-15-8-5-6-11-17(15)23-20(27)21-25-24-19(28-21)13-7-12-18(26)22-14-16-9-3-2-4-10-16/h2-6,8-11H,7,12-14H2,1H3,(H,22,26)(H,23,27). The maximum Gasteiger partial charge on any atom is 0.286 e. The van der Waals surface area contributed by atoms with E-state index >= 15 is 0 Å². The zero-order chi connectivity index (χ0) is 19.8. The molecule has 0 unspecified atom stereocenters. The van der Waals surface area contributed by atoms with E-state index < -0.39 is 0 Å². The molecule has 3 rings (SSSR count). The second-order valence-corrected chi connectivity index (χ2v) is 7.45. The predicted molar refractivity (Wildman–Crippen MR) is 110 cm³/mol. The summed E-state index contributed by atoms with van der Waals surface area (Å²) < 4.78 is 0. The molecule has 28 heavy (non-hydrogen) atoms. The number of nitrogens with one attached hydrogen (secondary N) is 2. The number of aryl methyl sites for hydroxylation is 2. The molecule has 2 aromatic carbocycles. The Morgan fingerprint density at radius 1 is 1.00 bits per heavy atom. The molecule has 0 aliphatic rings. The molecule has 0 atom stereocenters. The molecular formula is C21H22N4O2S. The van der Waals surface area contributed by atoms with E-state index in [1.54, 1.807) is 0 Å². The summed E-state index contributed by atoms with van der Waals surface area (Å²) in [4.78, 5) is 24.3. The zero-order valence-corrected chi connectivity index (χ0v) is 16.5. The van der Waals surface area contributed by atoms with Crippen molar-refractivity contribution in [2.24, 2.45) is 0 Å². The number of hydrogen-bond donors (Lipinski definition) is 2. The van der Waals surface area contributed by atoms with Crippen LogP contribution in [-0.2, 0) is 17.8 Å². The lowest BCUT2D eigenvalue weighted by Gasteiger charge is -2.05. The van der Waals surface area contributed by atoms with Crippen LogP contribution in [0.4, 0.5) is 5.69 Å². The molecule has 0 spiro atoms. The molecule has 1 heterocycles. The third-order valence-corrected chi connectivity index (χ3v) is 5.16. The molecule has 144 valence electrons. The van der Waals surface area contributed by atoms with Crippen molar-refractivity contribution in [3.05, 3.63) is 75.7 Å². The summed E-state index contributed by atoms with van der Waals surface area (Å²) in [7, 11) is 0. The van der Waals surface area contributed by atoms with E-state index in [0.717, 1.165) is 21.8 Å². The Hall–Kier alpha value is -3.06. The van der Waals surface area contributed by atoms with Crippen LogP contribution in [0.15, 0.2) is 54.6 Å². The lowest BCUT2D eigenvalue weighted by molar-refractivity contribution is -0.121. The number of nitrogens with zero attached hydrogens (tertiary/aromatic N) is 2. The summed E-state index contributed by atoms with van der Waals surface area (Å²) >= 11 is 1.26. The lowest BCUT2D eigenvalue weighted by Crippen LogP contribution is -2.22. The van der Waals surface area contributed by atoms with Crippen LogP contribution in [0.3, 0.4) is 0 Å². The molecular weight excluding hydrogens is 372 g/mol. The molecule has 1 aromatic heterocycles. The van der Waals surface area contributed by atoms with Crippen LogP contribution in [0.25, 0.3) is 0 Å². The largest absolute Gasteiger partial charge is 0.352 e. The van der Waals surface area contributed by atoms with Crippen LogP contribution < -0.4 is 10.6 Å². The molecule has 2 N–H and O–H groups in total. The van der Waals surface area contributed by atoms with Crippen LogP contribution in [-0.4, -0.2) is 22.0 Å². The van der Waals surface area contributed by atoms with Gasteiger partial charge in [-0.05, 0) is 30.5 Å². The van der Waals surface area contributed by atoms with Crippen molar-refractivity contribution in [1.82, 2.24) is 15.5 Å². The normalized spacial score (nSPS) is 10.5. The van der Waals surface area contributed by atoms with Gasteiger partial charge in [-0.1, -0.05) is 59.9 Å². The minimum Gasteiger partial charge on any atom is -0.352 e. The van der Waals surface area contributed by atoms with Gasteiger partial charge < -0.3 is 10.6 Å². The first kappa shape index (κ1) is 19.7. The number of carbonyl (C=O) groups excluding carboxylic acids is 2. The van der Waals surface area contributed by atoms with E-state index in [9.17, 15) is 9.59 Å². The monoisotopic (exact) mass is 394 g/mol. The number of benzene rings is 2. The van der Waals surface area contributed by atoms with Gasteiger partial charge in [0.25, 0.3) is 5.91 Å². The third-order valence-electron chi connectivity index (χ3n) is 4.18. The van der Waals surface area contributed by atoms with Gasteiger partial charge >= 0.3 is 0 Å². The van der Waals surface area contributed by atoms with E-state index in [1.807, 2.05) is 61.5 Å². The molecule has 0 saturated carbocycles. The third kappa shape index (κ3) is 5.72. The van der Waals surface area contributed by atoms with E-state index in [2.05, 4.69) is 20.8 Å². The Balaban J connectivity index is 1.42. The highest BCUT2D eigenvalue weighted by Gasteiger charge is 2.14. The fourth-order valence-electron chi connectivity index (χ4n) is 2.62. The number of hydrogen-bond acceptors (Lipinski definition) is 5. The second kappa shape index (κ2) is 9.75. The van der Waals surface area contributed by atoms with Gasteiger partial charge in [0.15, 0.2) is 0 Å². The van der Waals surface area contributed by atoms with Crippen LogP contribution in [0, 0.1) is 6.92 Å². The summed E-state index contributed by atoms with van der Waals surface area (Å²) in [6.07, 6.45) is 1.69. The van der Waals surface area contributed by atoms with Crippen molar-refractivity contribution in [2.75, 3.05) is 5.32 Å². The Bertz CT molecular complexity index is 940. The molecule has 6 nitrogen and oxygen atoms in total. The first-order valence-electron chi connectivity index (χ1n) is 9.12. The van der Waals surface area contributed by atoms with Gasteiger partial charge in [0.1, 0.15) is 5.01 Å². The highest BCUT2D eigenvalue weighted by Crippen LogP contribution is 2.17. The zero-order valence-electron chi connectivity index (χ0n) is 15.6. The van der Waals surface area contributed by atoms with Crippen LogP contribution in [0.1, 0.15) is 38.8 Å².